The molecule has 4 aromatic rings. The average Bonchev–Trinajstić information content (AvgIpc) is 3.86. The van der Waals surface area contributed by atoms with Gasteiger partial charge in [0.2, 0.25) is 11.8 Å². The summed E-state index contributed by atoms with van der Waals surface area (Å²) in [5.74, 6) is -2.72. The van der Waals surface area contributed by atoms with Crippen molar-refractivity contribution in [2.75, 3.05) is 40.8 Å². The zero-order chi connectivity index (χ0) is 52.9. The second-order valence-corrected chi connectivity index (χ2v) is 22.3. The summed E-state index contributed by atoms with van der Waals surface area (Å²) in [5, 5.41) is 19.5. The molecule has 3 unspecified atom stereocenters. The number of nitrogens with zero attached hydrogens (tertiary/aromatic N) is 5. The maximum atomic E-state index is 14.8. The topological polar surface area (TPSA) is 178 Å². The molecular weight excluding hydrogens is 941 g/mol. The van der Waals surface area contributed by atoms with E-state index in [1.807, 2.05) is 45.8 Å². The third-order valence-corrected chi connectivity index (χ3v) is 15.2. The van der Waals surface area contributed by atoms with Gasteiger partial charge in [-0.2, -0.15) is 0 Å². The van der Waals surface area contributed by atoms with Gasteiger partial charge in [0.1, 0.15) is 29.2 Å². The van der Waals surface area contributed by atoms with E-state index in [0.29, 0.717) is 37.9 Å². The van der Waals surface area contributed by atoms with Crippen molar-refractivity contribution in [2.24, 2.45) is 16.3 Å². The lowest BCUT2D eigenvalue weighted by Crippen LogP contribution is -2.62. The predicted octanol–water partition coefficient (Wildman–Crippen LogP) is 7.43. The lowest BCUT2D eigenvalue weighted by molar-refractivity contribution is -0.155. The maximum Gasteiger partial charge on any atom is 0.324 e. The maximum absolute atomic E-state index is 14.8. The molecule has 16 heteroatoms. The molecule has 0 radical (unpaired) electrons. The number of rotatable bonds is 13. The molecule has 390 valence electrons. The minimum atomic E-state index is -1.19. The van der Waals surface area contributed by atoms with Crippen LogP contribution in [0.4, 0.5) is 0 Å². The number of hydrogen-bond acceptors (Lipinski definition) is 11. The number of amides is 4. The number of carbonyl (C=O) groups is 5. The fourth-order valence-electron chi connectivity index (χ4n) is 10.1. The van der Waals surface area contributed by atoms with Gasteiger partial charge in [0, 0.05) is 61.1 Å². The Hall–Kier alpha value is -6.23. The Bertz CT molecular complexity index is 2830. The second kappa shape index (κ2) is 23.3. The Labute approximate surface area is 434 Å². The van der Waals surface area contributed by atoms with Crippen LogP contribution < -0.4 is 16.1 Å². The summed E-state index contributed by atoms with van der Waals surface area (Å²) in [6.45, 7) is 17.7. The van der Waals surface area contributed by atoms with Gasteiger partial charge in [-0.1, -0.05) is 93.6 Å². The number of phenols is 1. The average molecular weight is 1020 g/mol. The van der Waals surface area contributed by atoms with Gasteiger partial charge in [-0.15, -0.1) is 0 Å². The van der Waals surface area contributed by atoms with E-state index < -0.39 is 64.6 Å². The molecule has 0 spiro atoms. The summed E-state index contributed by atoms with van der Waals surface area (Å²) in [7, 11) is 5.34. The minimum absolute atomic E-state index is 0.00610. The monoisotopic (exact) mass is 1010 g/mol. The highest BCUT2D eigenvalue weighted by molar-refractivity contribution is 8.16. The van der Waals surface area contributed by atoms with Crippen LogP contribution in [0, 0.1) is 11.3 Å². The Morgan fingerprint density at radius 2 is 1.79 bits per heavy atom. The fourth-order valence-corrected chi connectivity index (χ4v) is 11.2. The summed E-state index contributed by atoms with van der Waals surface area (Å²) < 4.78 is 8.53. The van der Waals surface area contributed by atoms with Crippen molar-refractivity contribution in [3.05, 3.63) is 101 Å². The molecule has 3 aromatic carbocycles. The lowest BCUT2D eigenvalue weighted by atomic mass is 9.83. The number of fused-ring (bicyclic) bond motifs is 6. The Morgan fingerprint density at radius 3 is 2.51 bits per heavy atom. The summed E-state index contributed by atoms with van der Waals surface area (Å²) in [5.41, 5.74) is 11.7. The summed E-state index contributed by atoms with van der Waals surface area (Å²) in [6, 6.07) is 16.7. The van der Waals surface area contributed by atoms with Crippen LogP contribution in [-0.4, -0.2) is 130 Å². The van der Waals surface area contributed by atoms with Gasteiger partial charge in [-0.05, 0) is 125 Å². The standard InChI is InChI=1S/C57H74N8O7S/c1-12-35(5)26-39-18-14-15-19-42(39)50-44-32-57(7,8)33-72-56(71)45-20-16-25-65(61-45)54(69)46(29-37-27-40(30-41(66)28-37)38-22-23-47(43(44)31-38)64(50)13-2)59-51(68)49(34(3)4)63(11)55(70)53-58-36(6)52(73-53)60-48(67)21-17-24-62(9)10/h12,14-15,17-19,21-23,27-28,30-31,34,36,45-46,49,52,61,66H,13,16,20,24-26,29,32-33H2,1-11H3,(H,59,68)(H,60,67)/b21-17+,35-12?/t36?,45-,46?,49-,52?/m0/s1. The van der Waals surface area contributed by atoms with E-state index in [9.17, 15) is 29.1 Å². The number of likely N-dealkylation sites (N-methyl/N-ethyl adjacent to an activating group) is 2. The first-order chi connectivity index (χ1) is 34.7. The number of carbonyl (C=O) groups excluding carboxylic acids is 5. The highest BCUT2D eigenvalue weighted by atomic mass is 32.2. The number of esters is 1. The molecule has 7 rings (SSSR count). The molecule has 3 aliphatic heterocycles. The summed E-state index contributed by atoms with van der Waals surface area (Å²) in [6.07, 6.45) is 7.67. The molecule has 1 fully saturated rings. The quantitative estimate of drug-likeness (QED) is 0.0599. The number of thioether (sulfide) groups is 1. The van der Waals surface area contributed by atoms with Crippen molar-refractivity contribution in [1.82, 2.24) is 35.4 Å². The molecule has 5 atom stereocenters. The van der Waals surface area contributed by atoms with E-state index in [2.05, 4.69) is 109 Å². The van der Waals surface area contributed by atoms with E-state index in [-0.39, 0.29) is 36.3 Å². The number of nitrogens with one attached hydrogen (secondary N) is 3. The van der Waals surface area contributed by atoms with E-state index in [1.165, 1.54) is 34.2 Å². The number of allylic oxidation sites excluding steroid dienone is 2. The van der Waals surface area contributed by atoms with E-state index >= 15 is 0 Å². The first kappa shape index (κ1) is 54.5. The van der Waals surface area contributed by atoms with E-state index in [0.717, 1.165) is 57.0 Å². The third kappa shape index (κ3) is 12.8. The first-order valence-electron chi connectivity index (χ1n) is 25.5. The van der Waals surface area contributed by atoms with E-state index in [1.54, 1.807) is 18.2 Å². The SMILES string of the molecule is CC=C(C)Cc1ccccc1-c1c2c3cc(ccc3n1CC)-c1cc(O)cc(c1)CC(NC(=O)[C@H](C(C)C)N(C)C(=O)C1=NC(C)C(NC(=O)/C=C/CN(C)C)S1)C(=O)N1CCC[C@H](N1)C(=O)OCC(C)(C)C2. The Balaban J connectivity index is 1.25. The number of benzene rings is 3. The van der Waals surface area contributed by atoms with Gasteiger partial charge >= 0.3 is 5.97 Å². The van der Waals surface area contributed by atoms with Crippen LogP contribution in [-0.2, 0) is 54.5 Å². The third-order valence-electron chi connectivity index (χ3n) is 13.9. The molecule has 4 amide bonds. The van der Waals surface area contributed by atoms with Crippen LogP contribution in [0.15, 0.2) is 89.5 Å². The molecule has 0 aliphatic carbocycles. The van der Waals surface area contributed by atoms with Crippen LogP contribution in [0.25, 0.3) is 33.3 Å². The number of ether oxygens (including phenoxy) is 1. The number of phenolic OH excluding ortho intramolecular Hbond substituents is 1. The lowest BCUT2D eigenvalue weighted by Gasteiger charge is -2.36. The number of aryl methyl sites for hydroxylation is 1. The van der Waals surface area contributed by atoms with Gasteiger partial charge < -0.3 is 34.8 Å². The highest BCUT2D eigenvalue weighted by Crippen LogP contribution is 2.42. The number of hydrogen-bond donors (Lipinski definition) is 4. The molecule has 73 heavy (non-hydrogen) atoms. The number of aromatic hydroxyl groups is 1. The van der Waals surface area contributed by atoms with Crippen molar-refractivity contribution in [2.45, 2.75) is 124 Å². The van der Waals surface area contributed by atoms with Crippen LogP contribution in [0.2, 0.25) is 0 Å². The molecule has 3 aliphatic rings. The Morgan fingerprint density at radius 1 is 1.04 bits per heavy atom. The molecular formula is C57H74N8O7S. The van der Waals surface area contributed by atoms with Gasteiger partial charge in [-0.3, -0.25) is 34.0 Å². The zero-order valence-corrected chi connectivity index (χ0v) is 45.2. The molecule has 4 heterocycles. The van der Waals surface area contributed by atoms with Crippen molar-refractivity contribution < 1.29 is 33.8 Å². The van der Waals surface area contributed by atoms with Crippen molar-refractivity contribution in [3.8, 4) is 28.1 Å². The van der Waals surface area contributed by atoms with Crippen LogP contribution in [0.1, 0.15) is 84.9 Å². The fraction of sp³-hybridized carbons (Fsp3) is 0.474. The second-order valence-electron chi connectivity index (χ2n) is 21.2. The largest absolute Gasteiger partial charge is 0.508 e. The molecule has 4 N–H and O–H groups in total. The number of cyclic esters (lactones) is 1. The van der Waals surface area contributed by atoms with Crippen molar-refractivity contribution in [1.29, 1.82) is 0 Å². The number of hydrazine groups is 1. The molecule has 1 aromatic heterocycles. The molecule has 6 bridgehead atoms. The Kier molecular flexibility index (Phi) is 17.4. The molecule has 0 saturated carbocycles. The van der Waals surface area contributed by atoms with Gasteiger partial charge in [0.05, 0.1) is 18.3 Å². The highest BCUT2D eigenvalue weighted by Gasteiger charge is 2.40. The van der Waals surface area contributed by atoms with Gasteiger partial charge in [-0.25, -0.2) is 5.43 Å². The van der Waals surface area contributed by atoms with Crippen LogP contribution in [0.3, 0.4) is 0 Å². The zero-order valence-electron chi connectivity index (χ0n) is 44.4. The van der Waals surface area contributed by atoms with Crippen molar-refractivity contribution >= 4 is 57.3 Å². The van der Waals surface area contributed by atoms with Gasteiger partial charge in [0.25, 0.3) is 11.8 Å². The van der Waals surface area contributed by atoms with E-state index in [4.69, 9.17) is 4.74 Å². The van der Waals surface area contributed by atoms with Crippen molar-refractivity contribution in [3.63, 3.8) is 0 Å². The minimum Gasteiger partial charge on any atom is -0.508 e. The normalized spacial score (nSPS) is 21.0. The van der Waals surface area contributed by atoms with Gasteiger partial charge in [0.15, 0.2) is 5.04 Å². The number of aromatic nitrogens is 1. The summed E-state index contributed by atoms with van der Waals surface area (Å²) in [4.78, 5) is 78.3. The molecule has 15 nitrogen and oxygen atoms in total. The first-order valence-corrected chi connectivity index (χ1v) is 26.4. The smallest absolute Gasteiger partial charge is 0.324 e. The number of aliphatic imine (C=N–C) groups is 1. The van der Waals surface area contributed by atoms with Crippen LogP contribution >= 0.6 is 11.8 Å². The molecule has 1 saturated heterocycles. The predicted molar refractivity (Wildman–Crippen MR) is 291 cm³/mol. The summed E-state index contributed by atoms with van der Waals surface area (Å²) >= 11 is 1.14. The van der Waals surface area contributed by atoms with Crippen LogP contribution in [0.5, 0.6) is 5.75 Å².